The number of piperidine rings is 1. The number of anilines is 1. The van der Waals surface area contributed by atoms with Crippen molar-refractivity contribution in [1.82, 2.24) is 19.8 Å². The van der Waals surface area contributed by atoms with Crippen LogP contribution >= 0.6 is 0 Å². The van der Waals surface area contributed by atoms with Gasteiger partial charge in [0.2, 0.25) is 0 Å². The summed E-state index contributed by atoms with van der Waals surface area (Å²) in [6.07, 6.45) is 4.91. The molecule has 1 atom stereocenters. The third-order valence-electron chi connectivity index (χ3n) is 7.21. The van der Waals surface area contributed by atoms with Crippen molar-refractivity contribution in [3.05, 3.63) is 53.6 Å². The maximum atomic E-state index is 12.8. The second-order valence-electron chi connectivity index (χ2n) is 12.1. The Kier molecular flexibility index (Phi) is 7.64. The lowest BCUT2D eigenvalue weighted by Gasteiger charge is -2.38. The van der Waals surface area contributed by atoms with Gasteiger partial charge in [0.25, 0.3) is 0 Å². The number of alkyl carbamates (subject to hydrolysis) is 1. The molecule has 2 aliphatic heterocycles. The zero-order valence-electron chi connectivity index (χ0n) is 24.1. The normalized spacial score (nSPS) is 19.5. The number of hydrogen-bond donors (Lipinski definition) is 2. The number of nitrogens with one attached hydrogen (secondary N) is 1. The SMILES string of the molecule is COC(=O)c1ccc2c(c1)C(c1cncc(N3CCC(NC(=O)OC(C)(C)C)CC3)n1)=C[N+]2(C(=O)O)C(C)(C)C. The molecule has 0 radical (unpaired) electrons. The summed E-state index contributed by atoms with van der Waals surface area (Å²) in [4.78, 5) is 48.8. The van der Waals surface area contributed by atoms with E-state index in [9.17, 15) is 19.5 Å². The Morgan fingerprint density at radius 2 is 1.75 bits per heavy atom. The van der Waals surface area contributed by atoms with Gasteiger partial charge in [-0.2, -0.15) is 9.28 Å². The van der Waals surface area contributed by atoms with E-state index in [2.05, 4.69) is 15.2 Å². The van der Waals surface area contributed by atoms with Crippen LogP contribution in [0.15, 0.2) is 36.8 Å². The highest BCUT2D eigenvalue weighted by Gasteiger charge is 2.54. The van der Waals surface area contributed by atoms with Gasteiger partial charge in [-0.15, -0.1) is 0 Å². The second-order valence-corrected chi connectivity index (χ2v) is 12.1. The molecule has 0 bridgehead atoms. The van der Waals surface area contributed by atoms with Crippen LogP contribution in [0.4, 0.5) is 21.1 Å². The number of methoxy groups -OCH3 is 1. The average Bonchev–Trinajstić information content (AvgIpc) is 3.24. The Morgan fingerprint density at radius 1 is 1.07 bits per heavy atom. The minimum absolute atomic E-state index is 0.0105. The van der Waals surface area contributed by atoms with Crippen LogP contribution in [0.2, 0.25) is 0 Å². The molecule has 4 rings (SSSR count). The highest BCUT2D eigenvalue weighted by atomic mass is 16.6. The molecule has 2 aliphatic rings. The number of carbonyl (C=O) groups is 3. The van der Waals surface area contributed by atoms with Crippen molar-refractivity contribution in [3.8, 4) is 0 Å². The van der Waals surface area contributed by atoms with Gasteiger partial charge in [0.15, 0.2) is 5.69 Å². The standard InChI is InChI=1S/C29H37N5O6/c1-28(2,3)34(27(37)38)17-21(20-14-18(25(35)39-7)8-9-23(20)34)22-15-30-16-24(32-22)33-12-10-19(11-13-33)31-26(36)40-29(4,5)6/h8-9,14-17,19H,10-13H2,1-7H3,(H-,31,36,37,38)/p+1. The van der Waals surface area contributed by atoms with E-state index >= 15 is 0 Å². The number of carbonyl (C=O) groups excluding carboxylic acids is 2. The molecule has 0 spiro atoms. The molecule has 1 aromatic carbocycles. The fourth-order valence-corrected chi connectivity index (χ4v) is 5.21. The number of benzene rings is 1. The number of aromatic nitrogens is 2. The number of fused-ring (bicyclic) bond motifs is 1. The summed E-state index contributed by atoms with van der Waals surface area (Å²) < 4.78 is 9.82. The molecule has 1 unspecified atom stereocenters. The van der Waals surface area contributed by atoms with Crippen LogP contribution in [0.25, 0.3) is 5.57 Å². The van der Waals surface area contributed by atoms with E-state index in [0.29, 0.717) is 59.8 Å². The van der Waals surface area contributed by atoms with Gasteiger partial charge in [0, 0.05) is 25.2 Å². The van der Waals surface area contributed by atoms with Crippen molar-refractivity contribution < 1.29 is 29.0 Å². The summed E-state index contributed by atoms with van der Waals surface area (Å²) in [6, 6.07) is 4.90. The van der Waals surface area contributed by atoms with Crippen LogP contribution in [0.3, 0.4) is 0 Å². The van der Waals surface area contributed by atoms with Gasteiger partial charge in [-0.25, -0.2) is 14.6 Å². The van der Waals surface area contributed by atoms with Crippen molar-refractivity contribution in [2.24, 2.45) is 0 Å². The van der Waals surface area contributed by atoms with Crippen LogP contribution in [0, 0.1) is 0 Å². The molecular weight excluding hydrogens is 514 g/mol. The predicted octanol–water partition coefficient (Wildman–Crippen LogP) is 4.94. The van der Waals surface area contributed by atoms with Crippen molar-refractivity contribution in [2.45, 2.75) is 71.6 Å². The summed E-state index contributed by atoms with van der Waals surface area (Å²) in [5, 5.41) is 13.4. The van der Waals surface area contributed by atoms with E-state index in [1.54, 1.807) is 36.8 Å². The summed E-state index contributed by atoms with van der Waals surface area (Å²) in [6.45, 7) is 12.4. The molecule has 1 saturated heterocycles. The first-order chi connectivity index (χ1) is 18.7. The number of quaternary nitrogens is 1. The zero-order chi connectivity index (χ0) is 29.5. The third-order valence-corrected chi connectivity index (χ3v) is 7.21. The van der Waals surface area contributed by atoms with E-state index in [4.69, 9.17) is 14.5 Å². The topological polar surface area (TPSA) is 131 Å². The van der Waals surface area contributed by atoms with Gasteiger partial charge in [0.1, 0.15) is 23.2 Å². The molecular formula is C29H38N5O6+. The van der Waals surface area contributed by atoms with Crippen LogP contribution in [-0.4, -0.2) is 70.6 Å². The van der Waals surface area contributed by atoms with Crippen molar-refractivity contribution in [1.29, 1.82) is 0 Å². The minimum atomic E-state index is -1.04. The predicted molar refractivity (Wildman–Crippen MR) is 151 cm³/mol. The highest BCUT2D eigenvalue weighted by Crippen LogP contribution is 2.48. The van der Waals surface area contributed by atoms with Crippen LogP contribution in [0.5, 0.6) is 0 Å². The van der Waals surface area contributed by atoms with Crippen LogP contribution in [-0.2, 0) is 9.47 Å². The quantitative estimate of drug-likeness (QED) is 0.400. The first-order valence-electron chi connectivity index (χ1n) is 13.3. The van der Waals surface area contributed by atoms with E-state index in [1.807, 2.05) is 41.5 Å². The molecule has 2 aromatic rings. The number of carboxylic acid groups (broad SMARTS) is 1. The molecule has 0 saturated carbocycles. The average molecular weight is 553 g/mol. The number of nitrogens with zero attached hydrogens (tertiary/aromatic N) is 4. The number of ether oxygens (including phenoxy) is 2. The third kappa shape index (κ3) is 5.51. The Labute approximate surface area is 234 Å². The molecule has 1 aromatic heterocycles. The molecule has 214 valence electrons. The molecule has 3 heterocycles. The minimum Gasteiger partial charge on any atom is -0.465 e. The first-order valence-corrected chi connectivity index (χ1v) is 13.3. The lowest BCUT2D eigenvalue weighted by molar-refractivity contribution is 0.0496. The lowest BCUT2D eigenvalue weighted by atomic mass is 9.99. The van der Waals surface area contributed by atoms with Gasteiger partial charge >= 0.3 is 18.2 Å². The van der Waals surface area contributed by atoms with Crippen molar-refractivity contribution >= 4 is 35.2 Å². The molecule has 0 aliphatic carbocycles. The largest absolute Gasteiger partial charge is 0.523 e. The summed E-state index contributed by atoms with van der Waals surface area (Å²) in [5.74, 6) is 0.136. The number of amides is 2. The Balaban J connectivity index is 1.65. The van der Waals surface area contributed by atoms with Crippen LogP contribution in [0.1, 0.15) is 76.0 Å². The Bertz CT molecular complexity index is 1350. The second kappa shape index (κ2) is 10.5. The maximum absolute atomic E-state index is 12.8. The molecule has 11 heteroatoms. The van der Waals surface area contributed by atoms with Gasteiger partial charge < -0.3 is 24.8 Å². The van der Waals surface area contributed by atoms with Gasteiger partial charge in [0.05, 0.1) is 41.9 Å². The Hall–Kier alpha value is -3.99. The number of rotatable bonds is 4. The highest BCUT2D eigenvalue weighted by molar-refractivity contribution is 6.02. The summed E-state index contributed by atoms with van der Waals surface area (Å²) in [7, 11) is 1.31. The fourth-order valence-electron chi connectivity index (χ4n) is 5.21. The fraction of sp³-hybridized carbons (Fsp3) is 0.483. The van der Waals surface area contributed by atoms with Gasteiger partial charge in [-0.1, -0.05) is 0 Å². The van der Waals surface area contributed by atoms with Gasteiger partial charge in [-0.3, -0.25) is 4.98 Å². The number of esters is 1. The lowest BCUT2D eigenvalue weighted by Crippen LogP contribution is -2.60. The van der Waals surface area contributed by atoms with E-state index in [1.165, 1.54) is 7.11 Å². The van der Waals surface area contributed by atoms with E-state index in [-0.39, 0.29) is 6.04 Å². The maximum Gasteiger partial charge on any atom is 0.523 e. The van der Waals surface area contributed by atoms with E-state index < -0.39 is 33.8 Å². The number of hydrogen-bond acceptors (Lipinski definition) is 8. The van der Waals surface area contributed by atoms with E-state index in [0.717, 1.165) is 0 Å². The van der Waals surface area contributed by atoms with Crippen molar-refractivity contribution in [3.63, 3.8) is 0 Å². The molecule has 2 N–H and O–H groups in total. The molecule has 40 heavy (non-hydrogen) atoms. The first kappa shape index (κ1) is 29.0. The summed E-state index contributed by atoms with van der Waals surface area (Å²) in [5.41, 5.74) is 1.21. The molecule has 1 fully saturated rings. The zero-order valence-corrected chi connectivity index (χ0v) is 24.1. The van der Waals surface area contributed by atoms with Gasteiger partial charge in [-0.05, 0) is 66.5 Å². The van der Waals surface area contributed by atoms with Crippen LogP contribution < -0.4 is 14.7 Å². The monoisotopic (exact) mass is 552 g/mol. The molecule has 2 amide bonds. The van der Waals surface area contributed by atoms with Crippen molar-refractivity contribution in [2.75, 3.05) is 25.1 Å². The smallest absolute Gasteiger partial charge is 0.465 e. The molecule has 11 nitrogen and oxygen atoms in total. The summed E-state index contributed by atoms with van der Waals surface area (Å²) >= 11 is 0. The Morgan fingerprint density at radius 3 is 2.33 bits per heavy atom.